The van der Waals surface area contributed by atoms with E-state index < -0.39 is 0 Å². The molecule has 0 spiro atoms. The van der Waals surface area contributed by atoms with Crippen LogP contribution in [-0.2, 0) is 6.42 Å². The van der Waals surface area contributed by atoms with Gasteiger partial charge in [0, 0.05) is 10.6 Å². The zero-order valence-electron chi connectivity index (χ0n) is 9.43. The monoisotopic (exact) mass is 259 g/mol. The molecule has 0 bridgehead atoms. The van der Waals surface area contributed by atoms with Crippen LogP contribution >= 0.6 is 11.6 Å². The Labute approximate surface area is 109 Å². The van der Waals surface area contributed by atoms with E-state index >= 15 is 0 Å². The molecule has 0 saturated carbocycles. The second-order valence-electron chi connectivity index (χ2n) is 4.03. The number of nitrogens with zero attached hydrogens (tertiary/aromatic N) is 1. The van der Waals surface area contributed by atoms with Crippen LogP contribution in [0.25, 0.3) is 11.1 Å². The number of hydrogen-bond donors (Lipinski definition) is 1. The van der Waals surface area contributed by atoms with Crippen molar-refractivity contribution in [2.24, 2.45) is 0 Å². The average Bonchev–Trinajstić information content (AvgIpc) is 2.73. The van der Waals surface area contributed by atoms with E-state index in [1.807, 2.05) is 12.1 Å². The summed E-state index contributed by atoms with van der Waals surface area (Å²) >= 11 is 5.89. The molecule has 3 nitrogen and oxygen atoms in total. The molecule has 3 aromatic rings. The fraction of sp³-hybridized carbons (Fsp3) is 0.0714. The summed E-state index contributed by atoms with van der Waals surface area (Å²) in [5, 5.41) is 10.3. The SMILES string of the molecule is Oc1ccccc1Cc1nc2cc(Cl)ccc2o1. The Morgan fingerprint density at radius 1 is 1.17 bits per heavy atom. The van der Waals surface area contributed by atoms with Gasteiger partial charge in [0.25, 0.3) is 0 Å². The van der Waals surface area contributed by atoms with Crippen LogP contribution < -0.4 is 0 Å². The molecule has 0 saturated heterocycles. The number of para-hydroxylation sites is 1. The van der Waals surface area contributed by atoms with Crippen LogP contribution in [0.5, 0.6) is 5.75 Å². The van der Waals surface area contributed by atoms with Crippen LogP contribution in [0.1, 0.15) is 11.5 Å². The Bertz CT molecular complexity index is 706. The van der Waals surface area contributed by atoms with Gasteiger partial charge in [-0.25, -0.2) is 4.98 Å². The van der Waals surface area contributed by atoms with Gasteiger partial charge in [0.15, 0.2) is 11.5 Å². The maximum atomic E-state index is 9.70. The van der Waals surface area contributed by atoms with Gasteiger partial charge in [-0.3, -0.25) is 0 Å². The summed E-state index contributed by atoms with van der Waals surface area (Å²) in [5.41, 5.74) is 2.22. The normalized spacial score (nSPS) is 10.9. The topological polar surface area (TPSA) is 46.3 Å². The molecule has 90 valence electrons. The predicted octanol–water partition coefficient (Wildman–Crippen LogP) is 3.78. The smallest absolute Gasteiger partial charge is 0.200 e. The van der Waals surface area contributed by atoms with Crippen LogP contribution in [0.3, 0.4) is 0 Å². The molecule has 0 fully saturated rings. The third kappa shape index (κ3) is 2.05. The van der Waals surface area contributed by atoms with Crippen molar-refractivity contribution in [1.29, 1.82) is 0 Å². The molecule has 2 aromatic carbocycles. The lowest BCUT2D eigenvalue weighted by Gasteiger charge is -1.99. The van der Waals surface area contributed by atoms with Crippen molar-refractivity contribution in [1.82, 2.24) is 4.98 Å². The number of hydrogen-bond acceptors (Lipinski definition) is 3. The van der Waals surface area contributed by atoms with E-state index in [0.29, 0.717) is 22.9 Å². The molecule has 1 aromatic heterocycles. The van der Waals surface area contributed by atoms with Gasteiger partial charge in [-0.2, -0.15) is 0 Å². The number of benzene rings is 2. The fourth-order valence-corrected chi connectivity index (χ4v) is 2.01. The quantitative estimate of drug-likeness (QED) is 0.762. The molecule has 0 aliphatic heterocycles. The van der Waals surface area contributed by atoms with Gasteiger partial charge in [0.05, 0.1) is 6.42 Å². The third-order valence-electron chi connectivity index (χ3n) is 2.73. The summed E-state index contributed by atoms with van der Waals surface area (Å²) in [6.07, 6.45) is 0.457. The van der Waals surface area contributed by atoms with Crippen molar-refractivity contribution in [3.63, 3.8) is 0 Å². The number of phenolic OH excluding ortho intramolecular Hbond substituents is 1. The van der Waals surface area contributed by atoms with Crippen LogP contribution in [0, 0.1) is 0 Å². The van der Waals surface area contributed by atoms with Crippen LogP contribution in [0.2, 0.25) is 5.02 Å². The Balaban J connectivity index is 1.98. The van der Waals surface area contributed by atoms with Gasteiger partial charge >= 0.3 is 0 Å². The Morgan fingerprint density at radius 2 is 2.00 bits per heavy atom. The van der Waals surface area contributed by atoms with Crippen LogP contribution in [0.15, 0.2) is 46.9 Å². The summed E-state index contributed by atoms with van der Waals surface area (Å²) < 4.78 is 5.60. The number of aromatic hydroxyl groups is 1. The molecule has 0 unspecified atom stereocenters. The van der Waals surface area contributed by atoms with E-state index in [9.17, 15) is 5.11 Å². The standard InChI is InChI=1S/C14H10ClNO2/c15-10-5-6-13-11(8-10)16-14(18-13)7-9-3-1-2-4-12(9)17/h1-6,8,17H,7H2. The largest absolute Gasteiger partial charge is 0.508 e. The van der Waals surface area contributed by atoms with Gasteiger partial charge < -0.3 is 9.52 Å². The number of aromatic nitrogens is 1. The van der Waals surface area contributed by atoms with Gasteiger partial charge in [0.2, 0.25) is 0 Å². The number of halogens is 1. The molecule has 4 heteroatoms. The lowest BCUT2D eigenvalue weighted by atomic mass is 10.1. The Kier molecular flexibility index (Phi) is 2.68. The maximum Gasteiger partial charge on any atom is 0.200 e. The van der Waals surface area contributed by atoms with E-state index in [0.717, 1.165) is 11.1 Å². The second-order valence-corrected chi connectivity index (χ2v) is 4.46. The summed E-state index contributed by atoms with van der Waals surface area (Å²) in [6.45, 7) is 0. The molecule has 1 N–H and O–H groups in total. The van der Waals surface area contributed by atoms with Crippen molar-refractivity contribution in [2.75, 3.05) is 0 Å². The third-order valence-corrected chi connectivity index (χ3v) is 2.96. The highest BCUT2D eigenvalue weighted by atomic mass is 35.5. The first-order chi connectivity index (χ1) is 8.72. The second kappa shape index (κ2) is 4.35. The lowest BCUT2D eigenvalue weighted by Crippen LogP contribution is -1.88. The molecule has 1 heterocycles. The maximum absolute atomic E-state index is 9.70. The zero-order chi connectivity index (χ0) is 12.5. The van der Waals surface area contributed by atoms with Crippen LogP contribution in [-0.4, -0.2) is 10.1 Å². The summed E-state index contributed by atoms with van der Waals surface area (Å²) in [7, 11) is 0. The average molecular weight is 260 g/mol. The number of fused-ring (bicyclic) bond motifs is 1. The number of phenols is 1. The predicted molar refractivity (Wildman–Crippen MR) is 69.9 cm³/mol. The fourth-order valence-electron chi connectivity index (χ4n) is 1.85. The van der Waals surface area contributed by atoms with E-state index in [1.54, 1.807) is 30.3 Å². The molecular weight excluding hydrogens is 250 g/mol. The lowest BCUT2D eigenvalue weighted by molar-refractivity contribution is 0.464. The van der Waals surface area contributed by atoms with Gasteiger partial charge in [-0.15, -0.1) is 0 Å². The summed E-state index contributed by atoms with van der Waals surface area (Å²) in [5.74, 6) is 0.812. The van der Waals surface area contributed by atoms with Crippen molar-refractivity contribution in [2.45, 2.75) is 6.42 Å². The molecule has 3 rings (SSSR count). The number of oxazole rings is 1. The van der Waals surface area contributed by atoms with Gasteiger partial charge in [-0.1, -0.05) is 29.8 Å². The van der Waals surface area contributed by atoms with Crippen LogP contribution in [0.4, 0.5) is 0 Å². The number of rotatable bonds is 2. The molecule has 18 heavy (non-hydrogen) atoms. The van der Waals surface area contributed by atoms with Crippen molar-refractivity contribution >= 4 is 22.7 Å². The summed E-state index contributed by atoms with van der Waals surface area (Å²) in [6, 6.07) is 12.5. The Hall–Kier alpha value is -2.00. The first-order valence-electron chi connectivity index (χ1n) is 5.54. The van der Waals surface area contributed by atoms with Gasteiger partial charge in [0.1, 0.15) is 11.3 Å². The minimum atomic E-state index is 0.248. The zero-order valence-corrected chi connectivity index (χ0v) is 10.2. The Morgan fingerprint density at radius 3 is 2.83 bits per heavy atom. The highest BCUT2D eigenvalue weighted by molar-refractivity contribution is 6.31. The molecular formula is C14H10ClNO2. The van der Waals surface area contributed by atoms with Gasteiger partial charge in [-0.05, 0) is 24.3 Å². The van der Waals surface area contributed by atoms with Crippen molar-refractivity contribution in [3.05, 3.63) is 58.9 Å². The van der Waals surface area contributed by atoms with E-state index in [-0.39, 0.29) is 5.75 Å². The van der Waals surface area contributed by atoms with E-state index in [2.05, 4.69) is 4.98 Å². The molecule has 0 radical (unpaired) electrons. The first-order valence-corrected chi connectivity index (χ1v) is 5.92. The molecule has 0 atom stereocenters. The highest BCUT2D eigenvalue weighted by Crippen LogP contribution is 2.24. The molecule has 0 amide bonds. The highest BCUT2D eigenvalue weighted by Gasteiger charge is 2.09. The first kappa shape index (κ1) is 11.1. The van der Waals surface area contributed by atoms with Crippen molar-refractivity contribution < 1.29 is 9.52 Å². The minimum absolute atomic E-state index is 0.248. The molecule has 0 aliphatic rings. The minimum Gasteiger partial charge on any atom is -0.508 e. The van der Waals surface area contributed by atoms with Crippen molar-refractivity contribution in [3.8, 4) is 5.75 Å². The summed E-state index contributed by atoms with van der Waals surface area (Å²) in [4.78, 5) is 4.35. The van der Waals surface area contributed by atoms with E-state index in [1.165, 1.54) is 0 Å². The molecule has 0 aliphatic carbocycles. The van der Waals surface area contributed by atoms with E-state index in [4.69, 9.17) is 16.0 Å².